The Labute approximate surface area is 84.1 Å². The lowest BCUT2D eigenvalue weighted by molar-refractivity contribution is -0.129. The van der Waals surface area contributed by atoms with Gasteiger partial charge in [-0.25, -0.2) is 0 Å². The van der Waals surface area contributed by atoms with E-state index >= 15 is 0 Å². The molecule has 0 heterocycles. The van der Waals surface area contributed by atoms with Crippen molar-refractivity contribution < 1.29 is 9.53 Å². The van der Waals surface area contributed by atoms with Crippen molar-refractivity contribution >= 4 is 6.47 Å². The van der Waals surface area contributed by atoms with Crippen molar-refractivity contribution in [3.05, 3.63) is 35.9 Å². The highest BCUT2D eigenvalue weighted by Gasteiger charge is 2.06. The number of carbonyl (C=O) groups is 1. The zero-order chi connectivity index (χ0) is 10.2. The summed E-state index contributed by atoms with van der Waals surface area (Å²) in [4.78, 5) is 10.0. The molecule has 1 aromatic carbocycles. The zero-order valence-electron chi connectivity index (χ0n) is 8.27. The first-order valence-corrected chi connectivity index (χ1v) is 4.63. The minimum atomic E-state index is 0.183. The molecule has 14 heavy (non-hydrogen) atoms. The molecule has 0 radical (unpaired) electrons. The Hall–Kier alpha value is -1.35. The molecule has 1 atom stereocenters. The average Bonchev–Trinajstić information content (AvgIpc) is 2.25. The lowest BCUT2D eigenvalue weighted by Crippen LogP contribution is -2.32. The van der Waals surface area contributed by atoms with Gasteiger partial charge in [0.05, 0.1) is 0 Å². The van der Waals surface area contributed by atoms with E-state index in [9.17, 15) is 4.79 Å². The van der Waals surface area contributed by atoms with Crippen LogP contribution in [0, 0.1) is 0 Å². The second-order valence-corrected chi connectivity index (χ2v) is 3.10. The van der Waals surface area contributed by atoms with Gasteiger partial charge in [-0.05, 0) is 19.0 Å². The molecule has 0 bridgehead atoms. The topological polar surface area (TPSA) is 38.3 Å². The summed E-state index contributed by atoms with van der Waals surface area (Å²) in [6, 6.07) is 10.3. The van der Waals surface area contributed by atoms with Crippen molar-refractivity contribution in [1.82, 2.24) is 5.32 Å². The maximum absolute atomic E-state index is 10.0. The molecule has 3 heteroatoms. The number of carbonyl (C=O) groups excluding carboxylic acids is 1. The monoisotopic (exact) mass is 193 g/mol. The number of rotatable bonds is 6. The van der Waals surface area contributed by atoms with Gasteiger partial charge in [0.2, 0.25) is 0 Å². The second kappa shape index (κ2) is 6.16. The number of nitrogens with one attached hydrogen (secondary N) is 1. The van der Waals surface area contributed by atoms with Gasteiger partial charge < -0.3 is 10.1 Å². The Bertz CT molecular complexity index is 261. The maximum atomic E-state index is 10.0. The van der Waals surface area contributed by atoms with Crippen molar-refractivity contribution in [1.29, 1.82) is 0 Å². The van der Waals surface area contributed by atoms with E-state index in [4.69, 9.17) is 4.74 Å². The summed E-state index contributed by atoms with van der Waals surface area (Å²) >= 11 is 0. The average molecular weight is 193 g/mol. The van der Waals surface area contributed by atoms with E-state index in [1.54, 1.807) is 0 Å². The van der Waals surface area contributed by atoms with Crippen LogP contribution >= 0.6 is 0 Å². The highest BCUT2D eigenvalue weighted by atomic mass is 16.5. The van der Waals surface area contributed by atoms with Crippen molar-refractivity contribution in [2.75, 3.05) is 13.7 Å². The standard InChI is InChI=1S/C11H15NO2/c1-12-11(8-14-9-13)7-10-5-3-2-4-6-10/h2-6,9,11-12H,7-8H2,1H3. The number of likely N-dealkylation sites (N-methyl/N-ethyl adjacent to an activating group) is 1. The van der Waals surface area contributed by atoms with Crippen molar-refractivity contribution in [2.24, 2.45) is 0 Å². The Morgan fingerprint density at radius 2 is 2.14 bits per heavy atom. The van der Waals surface area contributed by atoms with Crippen LogP contribution in [0.5, 0.6) is 0 Å². The van der Waals surface area contributed by atoms with Crippen LogP contribution < -0.4 is 5.32 Å². The fraction of sp³-hybridized carbons (Fsp3) is 0.364. The van der Waals surface area contributed by atoms with E-state index in [1.807, 2.05) is 25.2 Å². The van der Waals surface area contributed by atoms with Crippen molar-refractivity contribution in [3.63, 3.8) is 0 Å². The van der Waals surface area contributed by atoms with Gasteiger partial charge in [-0.1, -0.05) is 30.3 Å². The molecule has 1 N–H and O–H groups in total. The molecule has 0 aromatic heterocycles. The van der Waals surface area contributed by atoms with Gasteiger partial charge in [0.25, 0.3) is 6.47 Å². The lowest BCUT2D eigenvalue weighted by atomic mass is 10.1. The van der Waals surface area contributed by atoms with Gasteiger partial charge >= 0.3 is 0 Å². The van der Waals surface area contributed by atoms with Gasteiger partial charge in [-0.3, -0.25) is 4.79 Å². The fourth-order valence-corrected chi connectivity index (χ4v) is 1.30. The number of ether oxygens (including phenoxy) is 1. The van der Waals surface area contributed by atoms with Crippen LogP contribution in [0.25, 0.3) is 0 Å². The Kier molecular flexibility index (Phi) is 4.72. The first-order chi connectivity index (χ1) is 6.86. The summed E-state index contributed by atoms with van der Waals surface area (Å²) in [5.74, 6) is 0. The van der Waals surface area contributed by atoms with Crippen LogP contribution in [0.3, 0.4) is 0 Å². The molecule has 1 aromatic rings. The lowest BCUT2D eigenvalue weighted by Gasteiger charge is -2.14. The summed E-state index contributed by atoms with van der Waals surface area (Å²) in [5, 5.41) is 3.10. The normalized spacial score (nSPS) is 12.1. The van der Waals surface area contributed by atoms with Crippen LogP contribution in [0.1, 0.15) is 5.56 Å². The molecule has 76 valence electrons. The molecule has 3 nitrogen and oxygen atoms in total. The highest BCUT2D eigenvalue weighted by molar-refractivity contribution is 5.37. The van der Waals surface area contributed by atoms with E-state index < -0.39 is 0 Å². The smallest absolute Gasteiger partial charge is 0.293 e. The molecule has 0 saturated carbocycles. The van der Waals surface area contributed by atoms with Crippen LogP contribution in [-0.4, -0.2) is 26.2 Å². The summed E-state index contributed by atoms with van der Waals surface area (Å²) in [6.45, 7) is 0.893. The molecule has 0 aliphatic carbocycles. The molecule has 1 rings (SSSR count). The van der Waals surface area contributed by atoms with Gasteiger partial charge in [-0.15, -0.1) is 0 Å². The quantitative estimate of drug-likeness (QED) is 0.685. The Morgan fingerprint density at radius 3 is 2.71 bits per heavy atom. The predicted molar refractivity (Wildman–Crippen MR) is 55.0 cm³/mol. The first-order valence-electron chi connectivity index (χ1n) is 4.63. The molecule has 0 aliphatic rings. The fourth-order valence-electron chi connectivity index (χ4n) is 1.30. The minimum Gasteiger partial charge on any atom is -0.466 e. The molecular formula is C11H15NO2. The van der Waals surface area contributed by atoms with Crippen molar-refractivity contribution in [3.8, 4) is 0 Å². The van der Waals surface area contributed by atoms with E-state index in [0.29, 0.717) is 13.1 Å². The zero-order valence-corrected chi connectivity index (χ0v) is 8.27. The summed E-state index contributed by atoms with van der Waals surface area (Å²) in [6.07, 6.45) is 0.866. The van der Waals surface area contributed by atoms with E-state index in [1.165, 1.54) is 5.56 Å². The van der Waals surface area contributed by atoms with Gasteiger partial charge in [0.15, 0.2) is 0 Å². The van der Waals surface area contributed by atoms with Crippen LogP contribution in [0.4, 0.5) is 0 Å². The summed E-state index contributed by atoms with van der Waals surface area (Å²) in [5.41, 5.74) is 1.24. The molecule has 0 saturated heterocycles. The molecule has 1 unspecified atom stereocenters. The predicted octanol–water partition coefficient (Wildman–Crippen LogP) is 0.990. The van der Waals surface area contributed by atoms with Crippen molar-refractivity contribution in [2.45, 2.75) is 12.5 Å². The van der Waals surface area contributed by atoms with Crippen LogP contribution in [-0.2, 0) is 16.0 Å². The molecule has 0 amide bonds. The number of hydrogen-bond acceptors (Lipinski definition) is 3. The molecular weight excluding hydrogens is 178 g/mol. The Balaban J connectivity index is 2.44. The number of hydrogen-bond donors (Lipinski definition) is 1. The van der Waals surface area contributed by atoms with E-state index in [0.717, 1.165) is 6.42 Å². The summed E-state index contributed by atoms with van der Waals surface area (Å²) < 4.78 is 4.72. The SMILES string of the molecule is CNC(COC=O)Cc1ccccc1. The largest absolute Gasteiger partial charge is 0.466 e. The summed E-state index contributed by atoms with van der Waals surface area (Å²) in [7, 11) is 1.86. The first kappa shape index (κ1) is 10.7. The van der Waals surface area contributed by atoms with E-state index in [-0.39, 0.29) is 6.04 Å². The maximum Gasteiger partial charge on any atom is 0.293 e. The van der Waals surface area contributed by atoms with Gasteiger partial charge in [0, 0.05) is 6.04 Å². The van der Waals surface area contributed by atoms with Crippen LogP contribution in [0.15, 0.2) is 30.3 Å². The van der Waals surface area contributed by atoms with E-state index in [2.05, 4.69) is 17.4 Å². The van der Waals surface area contributed by atoms with Gasteiger partial charge in [-0.2, -0.15) is 0 Å². The van der Waals surface area contributed by atoms with Gasteiger partial charge in [0.1, 0.15) is 6.61 Å². The minimum absolute atomic E-state index is 0.183. The third-order valence-corrected chi connectivity index (χ3v) is 2.10. The highest BCUT2D eigenvalue weighted by Crippen LogP contribution is 2.02. The third kappa shape index (κ3) is 3.58. The Morgan fingerprint density at radius 1 is 1.43 bits per heavy atom. The molecule has 0 aliphatic heterocycles. The molecule has 0 spiro atoms. The second-order valence-electron chi connectivity index (χ2n) is 3.10. The third-order valence-electron chi connectivity index (χ3n) is 2.10. The number of benzene rings is 1. The molecule has 0 fully saturated rings. The van der Waals surface area contributed by atoms with Crippen LogP contribution in [0.2, 0.25) is 0 Å².